The number of sulfonamides is 1. The van der Waals surface area contributed by atoms with Crippen LogP contribution in [-0.4, -0.2) is 61.1 Å². The van der Waals surface area contributed by atoms with Crippen LogP contribution in [-0.2, 0) is 30.8 Å². The molecule has 0 saturated carbocycles. The van der Waals surface area contributed by atoms with Crippen molar-refractivity contribution in [2.75, 3.05) is 39.4 Å². The summed E-state index contributed by atoms with van der Waals surface area (Å²) < 4.78 is 98.7. The zero-order valence-corrected chi connectivity index (χ0v) is 17.9. The summed E-state index contributed by atoms with van der Waals surface area (Å²) in [6.07, 6.45) is -4.98. The molecule has 1 saturated heterocycles. The molecule has 31 heavy (non-hydrogen) atoms. The molecule has 0 aromatic heterocycles. The lowest BCUT2D eigenvalue weighted by atomic mass is 10.2. The molecule has 0 unspecified atom stereocenters. The summed E-state index contributed by atoms with van der Waals surface area (Å²) in [5.41, 5.74) is -1.43. The molecule has 170 valence electrons. The zero-order valence-electron chi connectivity index (χ0n) is 16.3. The summed E-state index contributed by atoms with van der Waals surface area (Å²) in [7, 11) is -8.84. The van der Waals surface area contributed by atoms with Gasteiger partial charge in [0.1, 0.15) is 0 Å². The number of ether oxygens (including phenoxy) is 1. The van der Waals surface area contributed by atoms with E-state index in [4.69, 9.17) is 4.74 Å². The quantitative estimate of drug-likeness (QED) is 0.656. The van der Waals surface area contributed by atoms with E-state index in [9.17, 15) is 30.0 Å². The lowest BCUT2D eigenvalue weighted by molar-refractivity contribution is -0.139. The van der Waals surface area contributed by atoms with Gasteiger partial charge in [0.15, 0.2) is 0 Å². The molecule has 0 amide bonds. The highest BCUT2D eigenvalue weighted by Gasteiger charge is 2.38. The molecule has 12 heteroatoms. The maximum Gasteiger partial charge on any atom is 0.417 e. The highest BCUT2D eigenvalue weighted by molar-refractivity contribution is 7.91. The van der Waals surface area contributed by atoms with Crippen molar-refractivity contribution in [3.63, 3.8) is 0 Å². The van der Waals surface area contributed by atoms with Crippen LogP contribution in [0.4, 0.5) is 13.2 Å². The minimum absolute atomic E-state index is 0.130. The fourth-order valence-electron chi connectivity index (χ4n) is 3.10. The molecule has 1 aliphatic heterocycles. The number of halogens is 3. The van der Waals surface area contributed by atoms with E-state index in [2.05, 4.69) is 4.72 Å². The van der Waals surface area contributed by atoms with Crippen molar-refractivity contribution in [3.8, 4) is 0 Å². The van der Waals surface area contributed by atoms with Crippen molar-refractivity contribution in [2.24, 2.45) is 0 Å². The normalized spacial score (nSPS) is 16.4. The average molecular weight is 479 g/mol. The van der Waals surface area contributed by atoms with Gasteiger partial charge in [-0.15, -0.1) is 0 Å². The minimum atomic E-state index is -4.98. The average Bonchev–Trinajstić information content (AvgIpc) is 2.74. The van der Waals surface area contributed by atoms with Gasteiger partial charge in [0.25, 0.3) is 0 Å². The second-order valence-electron chi connectivity index (χ2n) is 6.82. The van der Waals surface area contributed by atoms with Crippen molar-refractivity contribution in [1.82, 2.24) is 9.62 Å². The number of morpholine rings is 1. The van der Waals surface area contributed by atoms with E-state index in [0.717, 1.165) is 6.07 Å². The Labute approximate surface area is 178 Å². The molecular formula is C19H21F3N2O5S2. The van der Waals surface area contributed by atoms with Crippen LogP contribution in [0, 0.1) is 0 Å². The molecule has 1 aliphatic rings. The number of nitrogens with zero attached hydrogens (tertiary/aromatic N) is 1. The Morgan fingerprint density at radius 1 is 0.935 bits per heavy atom. The monoisotopic (exact) mass is 478 g/mol. The van der Waals surface area contributed by atoms with E-state index in [0.29, 0.717) is 38.4 Å². The maximum atomic E-state index is 13.5. The predicted molar refractivity (Wildman–Crippen MR) is 106 cm³/mol. The second kappa shape index (κ2) is 9.25. The van der Waals surface area contributed by atoms with Gasteiger partial charge in [-0.2, -0.15) is 13.2 Å². The van der Waals surface area contributed by atoms with Crippen molar-refractivity contribution >= 4 is 19.9 Å². The van der Waals surface area contributed by atoms with Crippen LogP contribution >= 0.6 is 0 Å². The summed E-state index contributed by atoms with van der Waals surface area (Å²) in [6, 6.07) is 8.86. The smallest absolute Gasteiger partial charge is 0.379 e. The Hall–Kier alpha value is -1.99. The van der Waals surface area contributed by atoms with Crippen LogP contribution in [0.3, 0.4) is 0 Å². The van der Waals surface area contributed by atoms with E-state index < -0.39 is 41.4 Å². The van der Waals surface area contributed by atoms with Crippen LogP contribution in [0.25, 0.3) is 0 Å². The minimum Gasteiger partial charge on any atom is -0.379 e. The SMILES string of the molecule is O=S(=O)(NCCN1CCOCC1)c1cc(S(=O)(=O)c2ccccc2)ccc1C(F)(F)F. The Bertz CT molecular complexity index is 1110. The topological polar surface area (TPSA) is 92.8 Å². The molecule has 3 rings (SSSR count). The van der Waals surface area contributed by atoms with E-state index >= 15 is 0 Å². The van der Waals surface area contributed by atoms with Crippen molar-refractivity contribution in [2.45, 2.75) is 20.9 Å². The lowest BCUT2D eigenvalue weighted by Crippen LogP contribution is -2.41. The van der Waals surface area contributed by atoms with Gasteiger partial charge in [-0.25, -0.2) is 21.6 Å². The molecule has 1 fully saturated rings. The van der Waals surface area contributed by atoms with Crippen LogP contribution in [0.2, 0.25) is 0 Å². The summed E-state index contributed by atoms with van der Waals surface area (Å²) in [4.78, 5) is 0.0880. The number of hydrogen-bond acceptors (Lipinski definition) is 6. The first kappa shape index (κ1) is 23.7. The summed E-state index contributed by atoms with van der Waals surface area (Å²) in [5, 5.41) is 0. The fourth-order valence-corrected chi connectivity index (χ4v) is 5.76. The molecule has 2 aromatic rings. The zero-order chi connectivity index (χ0) is 22.7. The van der Waals surface area contributed by atoms with Gasteiger partial charge in [0.05, 0.1) is 33.5 Å². The van der Waals surface area contributed by atoms with Crippen molar-refractivity contribution in [1.29, 1.82) is 0 Å². The van der Waals surface area contributed by atoms with Gasteiger partial charge >= 0.3 is 6.18 Å². The van der Waals surface area contributed by atoms with Gasteiger partial charge in [-0.1, -0.05) is 18.2 Å². The Morgan fingerprint density at radius 3 is 2.19 bits per heavy atom. The first-order valence-electron chi connectivity index (χ1n) is 9.33. The standard InChI is InChI=1S/C19H21F3N2O5S2/c20-19(21,22)17-7-6-16(30(25,26)15-4-2-1-3-5-15)14-18(17)31(27,28)23-8-9-24-10-12-29-13-11-24/h1-7,14,23H,8-13H2. The van der Waals surface area contributed by atoms with E-state index in [-0.39, 0.29) is 18.0 Å². The van der Waals surface area contributed by atoms with E-state index in [1.165, 1.54) is 24.3 Å². The number of nitrogens with one attached hydrogen (secondary N) is 1. The largest absolute Gasteiger partial charge is 0.417 e. The number of alkyl halides is 3. The molecule has 1 N–H and O–H groups in total. The Morgan fingerprint density at radius 2 is 1.58 bits per heavy atom. The van der Waals surface area contributed by atoms with Gasteiger partial charge in [-0.05, 0) is 30.3 Å². The highest BCUT2D eigenvalue weighted by atomic mass is 32.2. The number of benzene rings is 2. The molecule has 0 atom stereocenters. The second-order valence-corrected chi connectivity index (χ2v) is 10.5. The molecular weight excluding hydrogens is 457 g/mol. The summed E-state index contributed by atoms with van der Waals surface area (Å²) in [5.74, 6) is 0. The third kappa shape index (κ3) is 5.63. The van der Waals surface area contributed by atoms with E-state index in [1.807, 2.05) is 4.90 Å². The number of sulfone groups is 1. The molecule has 0 aliphatic carbocycles. The van der Waals surface area contributed by atoms with Gasteiger partial charge in [0.2, 0.25) is 19.9 Å². The molecule has 2 aromatic carbocycles. The Kier molecular flexibility index (Phi) is 7.06. The van der Waals surface area contributed by atoms with Gasteiger partial charge < -0.3 is 4.74 Å². The van der Waals surface area contributed by atoms with Crippen LogP contribution in [0.15, 0.2) is 63.2 Å². The number of hydrogen-bond donors (Lipinski definition) is 1. The van der Waals surface area contributed by atoms with Crippen LogP contribution < -0.4 is 4.72 Å². The molecule has 0 bridgehead atoms. The first-order chi connectivity index (χ1) is 14.5. The van der Waals surface area contributed by atoms with Gasteiger partial charge in [0, 0.05) is 26.2 Å². The highest BCUT2D eigenvalue weighted by Crippen LogP contribution is 2.36. The fraction of sp³-hybridized carbons (Fsp3) is 0.368. The van der Waals surface area contributed by atoms with E-state index in [1.54, 1.807) is 6.07 Å². The maximum absolute atomic E-state index is 13.5. The number of rotatable bonds is 7. The Balaban J connectivity index is 1.93. The third-order valence-electron chi connectivity index (χ3n) is 4.74. The van der Waals surface area contributed by atoms with Crippen molar-refractivity contribution in [3.05, 3.63) is 54.1 Å². The summed E-state index contributed by atoms with van der Waals surface area (Å²) in [6.45, 7) is 2.30. The molecule has 1 heterocycles. The lowest BCUT2D eigenvalue weighted by Gasteiger charge is -2.26. The summed E-state index contributed by atoms with van der Waals surface area (Å²) >= 11 is 0. The van der Waals surface area contributed by atoms with Crippen molar-refractivity contribution < 1.29 is 34.7 Å². The van der Waals surface area contributed by atoms with Crippen LogP contribution in [0.1, 0.15) is 5.56 Å². The first-order valence-corrected chi connectivity index (χ1v) is 12.3. The predicted octanol–water partition coefficient (Wildman–Crippen LogP) is 2.15. The third-order valence-corrected chi connectivity index (χ3v) is 8.00. The van der Waals surface area contributed by atoms with Crippen LogP contribution in [0.5, 0.6) is 0 Å². The van der Waals surface area contributed by atoms with Gasteiger partial charge in [-0.3, -0.25) is 4.90 Å². The molecule has 0 radical (unpaired) electrons. The molecule has 7 nitrogen and oxygen atoms in total. The molecule has 0 spiro atoms.